The van der Waals surface area contributed by atoms with Gasteiger partial charge in [0.2, 0.25) is 0 Å². The van der Waals surface area contributed by atoms with Gasteiger partial charge in [-0.3, -0.25) is 0 Å². The van der Waals surface area contributed by atoms with Crippen molar-refractivity contribution in [2.24, 2.45) is 0 Å². The van der Waals surface area contributed by atoms with Gasteiger partial charge in [-0.2, -0.15) is 0 Å². The highest BCUT2D eigenvalue weighted by atomic mass is 33.1. The van der Waals surface area contributed by atoms with E-state index in [0.717, 1.165) is 21.6 Å². The van der Waals surface area contributed by atoms with Crippen LogP contribution in [0.15, 0.2) is 0 Å². The zero-order chi connectivity index (χ0) is 27.1. The SMILES string of the molecule is CCCCCCCCCCCC.OC[C@H]1OC(SSC2O[C@H](CO)[C@@H](O)[C@H](O)[C@H]2O)[C@H](O)[C@@H](O)[C@@H]1O. The molecule has 0 spiro atoms. The summed E-state index contributed by atoms with van der Waals surface area (Å²) in [6.07, 6.45) is 3.42. The first-order valence-corrected chi connectivity index (χ1v) is 15.4. The van der Waals surface area contributed by atoms with E-state index in [1.807, 2.05) is 0 Å². The number of aliphatic hydroxyl groups is 8. The highest BCUT2D eigenvalue weighted by Gasteiger charge is 2.47. The van der Waals surface area contributed by atoms with Crippen molar-refractivity contribution < 1.29 is 50.3 Å². The third-order valence-corrected chi connectivity index (χ3v) is 9.14. The second kappa shape index (κ2) is 19.4. The van der Waals surface area contributed by atoms with Crippen molar-refractivity contribution in [3.05, 3.63) is 0 Å². The third kappa shape index (κ3) is 11.2. The summed E-state index contributed by atoms with van der Waals surface area (Å²) >= 11 is 0. The Bertz CT molecular complexity index is 499. The zero-order valence-corrected chi connectivity index (χ0v) is 23.1. The predicted octanol–water partition coefficient (Wildman–Crippen LogP) is 0.895. The predicted molar refractivity (Wildman–Crippen MR) is 140 cm³/mol. The number of ether oxygens (including phenoxy) is 2. The molecule has 0 amide bonds. The van der Waals surface area contributed by atoms with E-state index in [0.29, 0.717) is 0 Å². The number of hydrogen-bond acceptors (Lipinski definition) is 12. The van der Waals surface area contributed by atoms with Gasteiger partial charge in [-0.15, -0.1) is 0 Å². The smallest absolute Gasteiger partial charge is 0.142 e. The van der Waals surface area contributed by atoms with Crippen molar-refractivity contribution in [1.29, 1.82) is 0 Å². The first-order valence-electron chi connectivity index (χ1n) is 13.2. The second-order valence-corrected chi connectivity index (χ2v) is 11.9. The van der Waals surface area contributed by atoms with Gasteiger partial charge in [0.25, 0.3) is 0 Å². The van der Waals surface area contributed by atoms with Gasteiger partial charge in [0.05, 0.1) is 13.2 Å². The lowest BCUT2D eigenvalue weighted by atomic mass is 10.0. The summed E-state index contributed by atoms with van der Waals surface area (Å²) in [5, 5.41) is 76.9. The summed E-state index contributed by atoms with van der Waals surface area (Å²) in [4.78, 5) is 0. The number of aliphatic hydroxyl groups excluding tert-OH is 8. The molecule has 12 heteroatoms. The van der Waals surface area contributed by atoms with Gasteiger partial charge < -0.3 is 50.3 Å². The molecule has 8 N–H and O–H groups in total. The maximum absolute atomic E-state index is 9.93. The molecule has 0 aliphatic carbocycles. The van der Waals surface area contributed by atoms with E-state index >= 15 is 0 Å². The van der Waals surface area contributed by atoms with Gasteiger partial charge >= 0.3 is 0 Å². The molecule has 0 aromatic rings. The molecule has 2 fully saturated rings. The van der Waals surface area contributed by atoms with E-state index in [4.69, 9.17) is 19.7 Å². The highest BCUT2D eigenvalue weighted by Crippen LogP contribution is 2.41. The van der Waals surface area contributed by atoms with Crippen molar-refractivity contribution >= 4 is 21.6 Å². The van der Waals surface area contributed by atoms with Crippen LogP contribution in [-0.2, 0) is 9.47 Å². The first-order chi connectivity index (χ1) is 17.2. The van der Waals surface area contributed by atoms with E-state index in [9.17, 15) is 30.6 Å². The van der Waals surface area contributed by atoms with Crippen molar-refractivity contribution in [3.63, 3.8) is 0 Å². The molecule has 2 aliphatic heterocycles. The van der Waals surface area contributed by atoms with Crippen LogP contribution in [0.5, 0.6) is 0 Å². The van der Waals surface area contributed by atoms with Crippen LogP contribution in [0.3, 0.4) is 0 Å². The number of unbranched alkanes of at least 4 members (excludes halogenated alkanes) is 9. The molecule has 0 aromatic carbocycles. The maximum atomic E-state index is 9.93. The average molecular weight is 561 g/mol. The Hall–Kier alpha value is 0.300. The lowest BCUT2D eigenvalue weighted by Gasteiger charge is -2.42. The Labute approximate surface area is 222 Å². The minimum Gasteiger partial charge on any atom is -0.394 e. The van der Waals surface area contributed by atoms with Gasteiger partial charge in [0, 0.05) is 0 Å². The average Bonchev–Trinajstić information content (AvgIpc) is 2.88. The second-order valence-electron chi connectivity index (χ2n) is 9.42. The molecular formula is C24H48O10S2. The fourth-order valence-electron chi connectivity index (χ4n) is 3.96. The molecule has 0 bridgehead atoms. The molecule has 36 heavy (non-hydrogen) atoms. The van der Waals surface area contributed by atoms with Crippen molar-refractivity contribution in [3.8, 4) is 0 Å². The van der Waals surface area contributed by atoms with Crippen LogP contribution in [0.4, 0.5) is 0 Å². The third-order valence-electron chi connectivity index (χ3n) is 6.40. The standard InChI is InChI=1S/C12H22O10S2.C12H26/c13-1-3-5(15)7(17)9(19)11(21-3)23-24-12-10(20)8(18)6(16)4(2-14)22-12;1-3-5-7-9-11-12-10-8-6-4-2/h3-20H,1-2H2;3-12H2,1-2H3/t3-,4-,5-,6-,7+,8+,9-,10-,11?,12?;/m1./s1. The molecular weight excluding hydrogens is 512 g/mol. The van der Waals surface area contributed by atoms with E-state index in [2.05, 4.69) is 13.8 Å². The van der Waals surface area contributed by atoms with Crippen LogP contribution in [0, 0.1) is 0 Å². The van der Waals surface area contributed by atoms with Crippen molar-refractivity contribution in [2.45, 2.75) is 138 Å². The van der Waals surface area contributed by atoms with Gasteiger partial charge in [-0.05, 0) is 0 Å². The quantitative estimate of drug-likeness (QED) is 0.111. The Morgan fingerprint density at radius 2 is 0.778 bits per heavy atom. The van der Waals surface area contributed by atoms with Crippen LogP contribution < -0.4 is 0 Å². The van der Waals surface area contributed by atoms with Gasteiger partial charge in [0.1, 0.15) is 59.7 Å². The molecule has 2 rings (SSSR count). The summed E-state index contributed by atoms with van der Waals surface area (Å²) in [6, 6.07) is 0. The Morgan fingerprint density at radius 1 is 0.472 bits per heavy atom. The Kier molecular flexibility index (Phi) is 18.5. The summed E-state index contributed by atoms with van der Waals surface area (Å²) in [5.41, 5.74) is -2.09. The largest absolute Gasteiger partial charge is 0.394 e. The normalized spacial score (nSPS) is 36.8. The maximum Gasteiger partial charge on any atom is 0.142 e. The molecule has 0 aromatic heterocycles. The molecule has 2 aliphatic rings. The minimum absolute atomic E-state index is 0.563. The molecule has 216 valence electrons. The van der Waals surface area contributed by atoms with Crippen LogP contribution in [0.1, 0.15) is 78.1 Å². The lowest BCUT2D eigenvalue weighted by Crippen LogP contribution is -2.58. The topological polar surface area (TPSA) is 180 Å². The van der Waals surface area contributed by atoms with E-state index < -0.39 is 72.9 Å². The van der Waals surface area contributed by atoms with Crippen LogP contribution in [0.25, 0.3) is 0 Å². The lowest BCUT2D eigenvalue weighted by molar-refractivity contribution is -0.206. The number of hydrogen-bond donors (Lipinski definition) is 8. The Balaban J connectivity index is 0.000000457. The summed E-state index contributed by atoms with van der Waals surface area (Å²) in [7, 11) is 1.72. The fraction of sp³-hybridized carbons (Fsp3) is 1.00. The fourth-order valence-corrected chi connectivity index (χ4v) is 6.72. The molecule has 0 saturated carbocycles. The summed E-state index contributed by atoms with van der Waals surface area (Å²) < 4.78 is 10.6. The first kappa shape index (κ1) is 34.3. The number of rotatable bonds is 14. The molecule has 2 saturated heterocycles. The summed E-state index contributed by atoms with van der Waals surface area (Å²) in [5.74, 6) is 0. The van der Waals surface area contributed by atoms with Crippen LogP contribution in [-0.4, -0.2) is 114 Å². The molecule has 10 atom stereocenters. The van der Waals surface area contributed by atoms with Gasteiger partial charge in [-0.1, -0.05) is 99.6 Å². The van der Waals surface area contributed by atoms with Crippen molar-refractivity contribution in [2.75, 3.05) is 13.2 Å². The molecule has 10 nitrogen and oxygen atoms in total. The minimum atomic E-state index is -1.52. The zero-order valence-electron chi connectivity index (χ0n) is 21.5. The van der Waals surface area contributed by atoms with Gasteiger partial charge in [0.15, 0.2) is 0 Å². The Morgan fingerprint density at radius 3 is 1.06 bits per heavy atom. The van der Waals surface area contributed by atoms with Crippen LogP contribution >= 0.6 is 21.6 Å². The van der Waals surface area contributed by atoms with E-state index in [1.165, 1.54) is 64.2 Å². The molecule has 2 unspecified atom stereocenters. The monoisotopic (exact) mass is 560 g/mol. The van der Waals surface area contributed by atoms with Crippen LogP contribution in [0.2, 0.25) is 0 Å². The molecule has 0 radical (unpaired) electrons. The van der Waals surface area contributed by atoms with E-state index in [-0.39, 0.29) is 0 Å². The molecule has 2 heterocycles. The van der Waals surface area contributed by atoms with Crippen molar-refractivity contribution in [1.82, 2.24) is 0 Å². The summed E-state index contributed by atoms with van der Waals surface area (Å²) in [6.45, 7) is 3.43. The van der Waals surface area contributed by atoms with E-state index in [1.54, 1.807) is 0 Å². The highest BCUT2D eigenvalue weighted by molar-refractivity contribution is 8.77. The van der Waals surface area contributed by atoms with Gasteiger partial charge in [-0.25, -0.2) is 0 Å².